The molecule has 10 heteroatoms. The molecule has 1 fully saturated rings. The summed E-state index contributed by atoms with van der Waals surface area (Å²) in [5.74, 6) is 0.493. The molecule has 0 unspecified atom stereocenters. The van der Waals surface area contributed by atoms with Gasteiger partial charge in [0.15, 0.2) is 0 Å². The SMILES string of the molecule is COc1ccc(N(CCCC(=O)N2CCN(c3cccc(Cl)c3)CC2)S(C)(=O)=O)cc1Cl. The van der Waals surface area contributed by atoms with Crippen molar-refractivity contribution < 1.29 is 17.9 Å². The van der Waals surface area contributed by atoms with Crippen LogP contribution in [0, 0.1) is 0 Å². The summed E-state index contributed by atoms with van der Waals surface area (Å²) in [6.45, 7) is 2.89. The molecule has 1 heterocycles. The summed E-state index contributed by atoms with van der Waals surface area (Å²) < 4.78 is 31.0. The number of ether oxygens (including phenoxy) is 1. The minimum absolute atomic E-state index is 0.0250. The molecule has 0 spiro atoms. The fourth-order valence-electron chi connectivity index (χ4n) is 3.72. The molecular formula is C22H27Cl2N3O4S. The molecule has 2 aromatic carbocycles. The van der Waals surface area contributed by atoms with Crippen molar-refractivity contribution >= 4 is 50.5 Å². The van der Waals surface area contributed by atoms with Crippen LogP contribution in [0.15, 0.2) is 42.5 Å². The van der Waals surface area contributed by atoms with Crippen LogP contribution in [0.2, 0.25) is 10.0 Å². The van der Waals surface area contributed by atoms with E-state index in [1.165, 1.54) is 11.4 Å². The molecule has 1 saturated heterocycles. The number of hydrogen-bond acceptors (Lipinski definition) is 5. The van der Waals surface area contributed by atoms with Gasteiger partial charge in [-0.1, -0.05) is 29.3 Å². The number of hydrogen-bond donors (Lipinski definition) is 0. The zero-order valence-electron chi connectivity index (χ0n) is 18.1. The summed E-state index contributed by atoms with van der Waals surface area (Å²) in [6, 6.07) is 12.5. The number of methoxy groups -OCH3 is 1. The number of piperazine rings is 1. The number of amides is 1. The van der Waals surface area contributed by atoms with E-state index in [4.69, 9.17) is 27.9 Å². The molecule has 0 bridgehead atoms. The van der Waals surface area contributed by atoms with Gasteiger partial charge in [0.25, 0.3) is 0 Å². The Balaban J connectivity index is 1.54. The average molecular weight is 500 g/mol. The van der Waals surface area contributed by atoms with E-state index in [0.29, 0.717) is 41.0 Å². The zero-order valence-corrected chi connectivity index (χ0v) is 20.5. The number of carbonyl (C=O) groups is 1. The molecule has 1 amide bonds. The molecule has 0 atom stereocenters. The van der Waals surface area contributed by atoms with Crippen LogP contribution in [0.25, 0.3) is 0 Å². The Labute approximate surface area is 199 Å². The Bertz CT molecular complexity index is 1060. The van der Waals surface area contributed by atoms with Crippen molar-refractivity contribution in [2.24, 2.45) is 0 Å². The van der Waals surface area contributed by atoms with Crippen molar-refractivity contribution in [1.29, 1.82) is 0 Å². The first-order chi connectivity index (χ1) is 15.2. The standard InChI is InChI=1S/C22H27Cl2N3O4S/c1-31-21-9-8-19(16-20(21)24)27(32(2,29)30)10-4-7-22(28)26-13-11-25(12-14-26)18-6-3-5-17(23)15-18/h3,5-6,8-9,15-16H,4,7,10-14H2,1-2H3. The highest BCUT2D eigenvalue weighted by molar-refractivity contribution is 7.92. The Morgan fingerprint density at radius 3 is 2.41 bits per heavy atom. The second-order valence-electron chi connectivity index (χ2n) is 7.61. The van der Waals surface area contributed by atoms with Crippen LogP contribution in [0.1, 0.15) is 12.8 Å². The fraction of sp³-hybridized carbons (Fsp3) is 0.409. The maximum absolute atomic E-state index is 12.7. The van der Waals surface area contributed by atoms with Crippen molar-refractivity contribution in [2.75, 3.05) is 55.3 Å². The topological polar surface area (TPSA) is 70.2 Å². The highest BCUT2D eigenvalue weighted by Gasteiger charge is 2.23. The predicted molar refractivity (Wildman–Crippen MR) is 130 cm³/mol. The molecule has 0 aromatic heterocycles. The quantitative estimate of drug-likeness (QED) is 0.550. The first-order valence-corrected chi connectivity index (χ1v) is 12.9. The van der Waals surface area contributed by atoms with Crippen LogP contribution in [0.5, 0.6) is 5.75 Å². The zero-order chi connectivity index (χ0) is 23.3. The molecule has 3 rings (SSSR count). The molecule has 0 saturated carbocycles. The van der Waals surface area contributed by atoms with Crippen LogP contribution in [0.4, 0.5) is 11.4 Å². The lowest BCUT2D eigenvalue weighted by Gasteiger charge is -2.36. The molecule has 2 aromatic rings. The van der Waals surface area contributed by atoms with E-state index in [-0.39, 0.29) is 18.9 Å². The second kappa shape index (κ2) is 10.6. The molecule has 0 aliphatic carbocycles. The van der Waals surface area contributed by atoms with Crippen molar-refractivity contribution in [3.63, 3.8) is 0 Å². The molecular weight excluding hydrogens is 473 g/mol. The smallest absolute Gasteiger partial charge is 0.232 e. The van der Waals surface area contributed by atoms with Crippen LogP contribution in [0.3, 0.4) is 0 Å². The predicted octanol–water partition coefficient (Wildman–Crippen LogP) is 3.90. The van der Waals surface area contributed by atoms with Gasteiger partial charge in [-0.15, -0.1) is 0 Å². The first-order valence-electron chi connectivity index (χ1n) is 10.3. The van der Waals surface area contributed by atoms with E-state index in [2.05, 4.69) is 4.90 Å². The Kier molecular flexibility index (Phi) is 8.14. The maximum Gasteiger partial charge on any atom is 0.232 e. The normalized spacial score (nSPS) is 14.4. The molecule has 174 valence electrons. The number of benzene rings is 2. The third kappa shape index (κ3) is 6.21. The van der Waals surface area contributed by atoms with E-state index >= 15 is 0 Å². The lowest BCUT2D eigenvalue weighted by atomic mass is 10.2. The summed E-state index contributed by atoms with van der Waals surface area (Å²) >= 11 is 12.2. The van der Waals surface area contributed by atoms with Crippen molar-refractivity contribution in [3.8, 4) is 5.75 Å². The van der Waals surface area contributed by atoms with Gasteiger partial charge in [0, 0.05) is 49.9 Å². The van der Waals surface area contributed by atoms with Gasteiger partial charge in [0.2, 0.25) is 15.9 Å². The number of carbonyl (C=O) groups excluding carboxylic acids is 1. The van der Waals surface area contributed by atoms with Gasteiger partial charge in [-0.2, -0.15) is 0 Å². The van der Waals surface area contributed by atoms with E-state index in [0.717, 1.165) is 25.0 Å². The molecule has 1 aliphatic rings. The number of sulfonamides is 1. The van der Waals surface area contributed by atoms with Crippen LogP contribution >= 0.6 is 23.2 Å². The van der Waals surface area contributed by atoms with Gasteiger partial charge >= 0.3 is 0 Å². The molecule has 1 aliphatic heterocycles. The Morgan fingerprint density at radius 2 is 1.81 bits per heavy atom. The lowest BCUT2D eigenvalue weighted by Crippen LogP contribution is -2.48. The molecule has 32 heavy (non-hydrogen) atoms. The second-order valence-corrected chi connectivity index (χ2v) is 10.4. The number of rotatable bonds is 8. The third-order valence-electron chi connectivity index (χ3n) is 5.38. The molecule has 0 N–H and O–H groups in total. The summed E-state index contributed by atoms with van der Waals surface area (Å²) in [5.41, 5.74) is 1.49. The van der Waals surface area contributed by atoms with Gasteiger partial charge in [-0.05, 0) is 42.8 Å². The minimum Gasteiger partial charge on any atom is -0.495 e. The Morgan fingerprint density at radius 1 is 1.09 bits per heavy atom. The van der Waals surface area contributed by atoms with Crippen LogP contribution in [-0.2, 0) is 14.8 Å². The van der Waals surface area contributed by atoms with Gasteiger partial charge in [0.05, 0.1) is 24.1 Å². The monoisotopic (exact) mass is 499 g/mol. The summed E-state index contributed by atoms with van der Waals surface area (Å²) in [7, 11) is -2.03. The number of nitrogens with zero attached hydrogens (tertiary/aromatic N) is 3. The van der Waals surface area contributed by atoms with E-state index in [1.54, 1.807) is 18.2 Å². The van der Waals surface area contributed by atoms with Crippen molar-refractivity contribution in [2.45, 2.75) is 12.8 Å². The average Bonchev–Trinajstić information content (AvgIpc) is 2.76. The Hall–Kier alpha value is -2.16. The highest BCUT2D eigenvalue weighted by Crippen LogP contribution is 2.30. The van der Waals surface area contributed by atoms with Gasteiger partial charge in [-0.3, -0.25) is 9.10 Å². The number of halogens is 2. The van der Waals surface area contributed by atoms with E-state index in [9.17, 15) is 13.2 Å². The largest absolute Gasteiger partial charge is 0.495 e. The van der Waals surface area contributed by atoms with Gasteiger partial charge in [0.1, 0.15) is 5.75 Å². The third-order valence-corrected chi connectivity index (χ3v) is 7.11. The summed E-state index contributed by atoms with van der Waals surface area (Å²) in [5, 5.41) is 1.02. The van der Waals surface area contributed by atoms with E-state index < -0.39 is 10.0 Å². The lowest BCUT2D eigenvalue weighted by molar-refractivity contribution is -0.131. The molecule has 7 nitrogen and oxygen atoms in total. The number of anilines is 2. The van der Waals surface area contributed by atoms with Crippen molar-refractivity contribution in [3.05, 3.63) is 52.5 Å². The fourth-order valence-corrected chi connectivity index (χ4v) is 5.11. The van der Waals surface area contributed by atoms with E-state index in [1.807, 2.05) is 29.2 Å². The highest BCUT2D eigenvalue weighted by atomic mass is 35.5. The van der Waals surface area contributed by atoms with Gasteiger partial charge in [-0.25, -0.2) is 8.42 Å². The maximum atomic E-state index is 12.7. The first kappa shape index (κ1) is 24.5. The van der Waals surface area contributed by atoms with Crippen LogP contribution in [-0.4, -0.2) is 65.3 Å². The summed E-state index contributed by atoms with van der Waals surface area (Å²) in [4.78, 5) is 16.7. The minimum atomic E-state index is -3.53. The molecule has 0 radical (unpaired) electrons. The summed E-state index contributed by atoms with van der Waals surface area (Å²) in [6.07, 6.45) is 1.82. The van der Waals surface area contributed by atoms with Crippen molar-refractivity contribution in [1.82, 2.24) is 4.90 Å². The van der Waals surface area contributed by atoms with Gasteiger partial charge < -0.3 is 14.5 Å². The van der Waals surface area contributed by atoms with Crippen LogP contribution < -0.4 is 13.9 Å².